The zero-order valence-electron chi connectivity index (χ0n) is 28.5. The van der Waals surface area contributed by atoms with E-state index in [4.69, 9.17) is 5.73 Å². The van der Waals surface area contributed by atoms with Crippen molar-refractivity contribution < 1.29 is 18.4 Å². The van der Waals surface area contributed by atoms with Crippen LogP contribution < -0.4 is 11.1 Å². The van der Waals surface area contributed by atoms with Gasteiger partial charge in [-0.25, -0.2) is 8.78 Å². The lowest BCUT2D eigenvalue weighted by Crippen LogP contribution is -2.55. The molecule has 2 amide bonds. The molecule has 2 aliphatic heterocycles. The molecule has 0 saturated carbocycles. The Morgan fingerprint density at radius 2 is 1.73 bits per heavy atom. The third-order valence-corrected chi connectivity index (χ3v) is 9.42. The van der Waals surface area contributed by atoms with Crippen LogP contribution in [0.25, 0.3) is 6.08 Å². The van der Waals surface area contributed by atoms with Gasteiger partial charge in [0.1, 0.15) is 12.1 Å². The third-order valence-electron chi connectivity index (χ3n) is 9.42. The highest BCUT2D eigenvalue weighted by molar-refractivity contribution is 5.90. The van der Waals surface area contributed by atoms with E-state index in [0.29, 0.717) is 37.1 Å². The number of nitrogens with two attached hydrogens (primary N) is 1. The normalized spacial score (nSPS) is 20.4. The number of allylic oxidation sites excluding steroid dienone is 1. The number of rotatable bonds is 9. The summed E-state index contributed by atoms with van der Waals surface area (Å²) in [6.07, 6.45) is 11.2. The van der Waals surface area contributed by atoms with Gasteiger partial charge in [-0.1, -0.05) is 86.3 Å². The summed E-state index contributed by atoms with van der Waals surface area (Å²) in [6.45, 7) is 8.74. The van der Waals surface area contributed by atoms with Crippen molar-refractivity contribution in [1.82, 2.24) is 15.1 Å². The number of aryl methyl sites for hydroxylation is 1. The van der Waals surface area contributed by atoms with E-state index in [2.05, 4.69) is 43.1 Å². The van der Waals surface area contributed by atoms with Gasteiger partial charge in [0.05, 0.1) is 0 Å². The van der Waals surface area contributed by atoms with Crippen molar-refractivity contribution in [2.24, 2.45) is 5.73 Å². The summed E-state index contributed by atoms with van der Waals surface area (Å²) in [5.41, 5.74) is 11.5. The Morgan fingerprint density at radius 3 is 2.40 bits per heavy atom. The van der Waals surface area contributed by atoms with Crippen LogP contribution >= 0.6 is 0 Å². The van der Waals surface area contributed by atoms with E-state index in [1.54, 1.807) is 7.05 Å². The van der Waals surface area contributed by atoms with Crippen LogP contribution in [0.1, 0.15) is 54.0 Å². The first-order valence-electron chi connectivity index (χ1n) is 16.6. The lowest BCUT2D eigenvalue weighted by molar-refractivity contribution is -0.142. The summed E-state index contributed by atoms with van der Waals surface area (Å²) in [6, 6.07) is 17.8. The van der Waals surface area contributed by atoms with E-state index < -0.39 is 29.3 Å². The van der Waals surface area contributed by atoms with Crippen molar-refractivity contribution in [3.63, 3.8) is 0 Å². The third kappa shape index (κ3) is 9.50. The van der Waals surface area contributed by atoms with Crippen molar-refractivity contribution in [3.8, 4) is 0 Å². The molecule has 0 aromatic heterocycles. The molecule has 2 unspecified atom stereocenters. The number of carbonyl (C=O) groups is 2. The van der Waals surface area contributed by atoms with Gasteiger partial charge in [0.15, 0.2) is 11.6 Å². The predicted octanol–water partition coefficient (Wildman–Crippen LogP) is 6.53. The SMILES string of the molecule is C=C1/C=C/CC(N)(CC)C/C=C\c2ccc(cc2C)C[C@H](C(=O)N(C)C(Cc2ccc(F)c(F)c2)C(=O)NCCc2ccccc2)N1C. The summed E-state index contributed by atoms with van der Waals surface area (Å²) >= 11 is 0. The van der Waals surface area contributed by atoms with Crippen LogP contribution in [0.5, 0.6) is 0 Å². The first-order chi connectivity index (χ1) is 22.9. The average Bonchev–Trinajstić information content (AvgIpc) is 3.08. The monoisotopic (exact) mass is 654 g/mol. The number of amides is 2. The second-order valence-electron chi connectivity index (χ2n) is 12.9. The van der Waals surface area contributed by atoms with Crippen LogP contribution in [0.15, 0.2) is 97.2 Å². The minimum atomic E-state index is -1.01. The number of nitrogens with one attached hydrogen (secondary N) is 1. The van der Waals surface area contributed by atoms with Crippen LogP contribution in [-0.2, 0) is 28.9 Å². The highest BCUT2D eigenvalue weighted by atomic mass is 19.2. The minimum Gasteiger partial charge on any atom is -0.363 e. The summed E-state index contributed by atoms with van der Waals surface area (Å²) < 4.78 is 28.0. The Balaban J connectivity index is 1.66. The Hall–Kier alpha value is -4.56. The van der Waals surface area contributed by atoms with E-state index in [-0.39, 0.29) is 18.2 Å². The lowest BCUT2D eigenvalue weighted by Gasteiger charge is -2.36. The van der Waals surface area contributed by atoms with Crippen molar-refractivity contribution in [1.29, 1.82) is 0 Å². The molecule has 3 aromatic rings. The Kier molecular flexibility index (Phi) is 12.5. The largest absolute Gasteiger partial charge is 0.363 e. The molecular weight excluding hydrogens is 606 g/mol. The smallest absolute Gasteiger partial charge is 0.246 e. The van der Waals surface area contributed by atoms with Gasteiger partial charge in [-0.15, -0.1) is 0 Å². The van der Waals surface area contributed by atoms with Gasteiger partial charge in [0.2, 0.25) is 11.8 Å². The number of likely N-dealkylation sites (N-methyl/N-ethyl adjacent to an activating group) is 2. The molecule has 254 valence electrons. The molecule has 0 aliphatic carbocycles. The van der Waals surface area contributed by atoms with Crippen LogP contribution in [0.2, 0.25) is 0 Å². The molecule has 2 aliphatic rings. The minimum absolute atomic E-state index is 0.00361. The van der Waals surface area contributed by atoms with Crippen LogP contribution in [-0.4, -0.2) is 59.9 Å². The van der Waals surface area contributed by atoms with Gasteiger partial charge in [0, 0.05) is 44.7 Å². The van der Waals surface area contributed by atoms with E-state index in [0.717, 1.165) is 47.2 Å². The van der Waals surface area contributed by atoms with Gasteiger partial charge in [-0.2, -0.15) is 0 Å². The molecule has 5 rings (SSSR count). The molecule has 3 aromatic carbocycles. The van der Waals surface area contributed by atoms with Crippen molar-refractivity contribution in [2.75, 3.05) is 20.6 Å². The van der Waals surface area contributed by atoms with Crippen LogP contribution in [0, 0.1) is 18.6 Å². The predicted molar refractivity (Wildman–Crippen MR) is 190 cm³/mol. The first-order valence-corrected chi connectivity index (χ1v) is 16.6. The Labute approximate surface area is 284 Å². The number of nitrogens with zero attached hydrogens (tertiary/aromatic N) is 2. The van der Waals surface area contributed by atoms with Crippen molar-refractivity contribution in [2.45, 2.75) is 70.0 Å². The number of hydrogen-bond donors (Lipinski definition) is 2. The maximum atomic E-state index is 14.5. The molecule has 8 heteroatoms. The second kappa shape index (κ2) is 16.5. The fraction of sp³-hybridized carbons (Fsp3) is 0.350. The molecule has 3 N–H and O–H groups in total. The molecule has 2 bridgehead atoms. The zero-order valence-corrected chi connectivity index (χ0v) is 28.5. The van der Waals surface area contributed by atoms with Crippen LogP contribution in [0.3, 0.4) is 0 Å². The van der Waals surface area contributed by atoms with E-state index >= 15 is 0 Å². The number of halogens is 2. The highest BCUT2D eigenvalue weighted by Gasteiger charge is 2.34. The summed E-state index contributed by atoms with van der Waals surface area (Å²) in [5, 5.41) is 2.97. The molecule has 6 nitrogen and oxygen atoms in total. The maximum absolute atomic E-state index is 14.5. The van der Waals surface area contributed by atoms with Gasteiger partial charge >= 0.3 is 0 Å². The summed E-state index contributed by atoms with van der Waals surface area (Å²) in [5.74, 6) is -2.66. The Bertz CT molecular complexity index is 1650. The molecule has 0 radical (unpaired) electrons. The number of hydrogen-bond acceptors (Lipinski definition) is 4. The van der Waals surface area contributed by atoms with Crippen molar-refractivity contribution >= 4 is 17.9 Å². The van der Waals surface area contributed by atoms with Gasteiger partial charge in [-0.05, 0) is 78.6 Å². The lowest BCUT2D eigenvalue weighted by atomic mass is 9.88. The molecule has 0 spiro atoms. The average molecular weight is 655 g/mol. The molecular formula is C40H48F2N4O2. The number of benzene rings is 3. The second-order valence-corrected chi connectivity index (χ2v) is 12.9. The molecule has 48 heavy (non-hydrogen) atoms. The zero-order chi connectivity index (χ0) is 34.8. The fourth-order valence-electron chi connectivity index (χ4n) is 5.98. The molecule has 0 saturated heterocycles. The number of fused-ring (bicyclic) bond motifs is 10. The number of carbonyl (C=O) groups excluding carboxylic acids is 2. The Morgan fingerprint density at radius 1 is 1.02 bits per heavy atom. The molecule has 0 fully saturated rings. The van der Waals surface area contributed by atoms with Gasteiger partial charge in [-0.3, -0.25) is 9.59 Å². The molecule has 3 atom stereocenters. The van der Waals surface area contributed by atoms with E-state index in [1.807, 2.05) is 67.4 Å². The van der Waals surface area contributed by atoms with Crippen molar-refractivity contribution in [3.05, 3.63) is 137 Å². The fourth-order valence-corrected chi connectivity index (χ4v) is 5.98. The maximum Gasteiger partial charge on any atom is 0.246 e. The quantitative estimate of drug-likeness (QED) is 0.275. The molecule has 2 heterocycles. The van der Waals surface area contributed by atoms with E-state index in [9.17, 15) is 18.4 Å². The standard InChI is InChI=1S/C40H48F2N4O2/c1-6-40(43)21-10-12-29(3)45(4)37(27-31-16-18-33(15-11-22-40)28(2)24-31)39(48)46(5)36(26-32-17-19-34(41)35(42)25-32)38(47)44-23-20-30-13-8-7-9-14-30/h7-19,24-25,36-37H,3,6,20-23,26-27,43H2,1-2,4-5H3,(H,44,47)/b12-10+,15-11-/t36?,37-,40?/m1/s1. The first kappa shape index (κ1) is 36.3. The summed E-state index contributed by atoms with van der Waals surface area (Å²) in [7, 11) is 3.42. The van der Waals surface area contributed by atoms with E-state index in [1.165, 1.54) is 11.0 Å². The summed E-state index contributed by atoms with van der Waals surface area (Å²) in [4.78, 5) is 31.6. The van der Waals surface area contributed by atoms with Crippen LogP contribution in [0.4, 0.5) is 8.78 Å². The highest BCUT2D eigenvalue weighted by Crippen LogP contribution is 2.24. The topological polar surface area (TPSA) is 78.7 Å². The van der Waals surface area contributed by atoms with Gasteiger partial charge < -0.3 is 20.9 Å². The van der Waals surface area contributed by atoms with Gasteiger partial charge in [0.25, 0.3) is 0 Å².